The highest BCUT2D eigenvalue weighted by atomic mass is 32.2. The van der Waals surface area contributed by atoms with Crippen molar-refractivity contribution >= 4 is 63.5 Å². The van der Waals surface area contributed by atoms with Crippen molar-refractivity contribution in [1.29, 1.82) is 0 Å². The van der Waals surface area contributed by atoms with Crippen LogP contribution < -0.4 is 22.2 Å². The van der Waals surface area contributed by atoms with Gasteiger partial charge in [-0.1, -0.05) is 16.9 Å². The number of carboxylic acids is 1. The van der Waals surface area contributed by atoms with Gasteiger partial charge in [0, 0.05) is 23.9 Å². The molecule has 3 aliphatic rings. The Balaban J connectivity index is 1.32. The number of fused-ring (bicyclic) bond motifs is 1. The molecule has 2 atom stereocenters. The average Bonchev–Trinajstić information content (AvgIpc) is 3.61. The van der Waals surface area contributed by atoms with Gasteiger partial charge in [0.2, 0.25) is 0 Å². The van der Waals surface area contributed by atoms with Gasteiger partial charge in [-0.25, -0.2) is 9.78 Å². The first kappa shape index (κ1) is 26.0. The fourth-order valence-corrected chi connectivity index (χ4v) is 6.60. The zero-order valence-electron chi connectivity index (χ0n) is 19.6. The van der Waals surface area contributed by atoms with Gasteiger partial charge in [-0.3, -0.25) is 33.9 Å². The minimum Gasteiger partial charge on any atom is -0.477 e. The molecule has 200 valence electrons. The zero-order chi connectivity index (χ0) is 27.1. The van der Waals surface area contributed by atoms with E-state index in [0.29, 0.717) is 5.57 Å². The molecule has 2 amide bonds. The van der Waals surface area contributed by atoms with Crippen molar-refractivity contribution < 1.29 is 24.3 Å². The van der Waals surface area contributed by atoms with Crippen molar-refractivity contribution in [2.24, 2.45) is 12.2 Å². The molecule has 0 spiro atoms. The lowest BCUT2D eigenvalue weighted by atomic mass is 10.0. The van der Waals surface area contributed by atoms with Crippen LogP contribution >= 0.6 is 34.9 Å². The molecule has 1 aliphatic carbocycles. The van der Waals surface area contributed by atoms with E-state index in [1.807, 2.05) is 0 Å². The number of carbonyl (C=O) groups is 3. The number of nitrogens with zero attached hydrogens (tertiary/aromatic N) is 5. The second-order valence-corrected chi connectivity index (χ2v) is 11.4. The molecule has 5 rings (SSSR count). The number of anilines is 1. The third-order valence-electron chi connectivity index (χ3n) is 5.66. The molecule has 1 saturated carbocycles. The molecule has 2 aromatic heterocycles. The van der Waals surface area contributed by atoms with Crippen LogP contribution in [0.2, 0.25) is 0 Å². The van der Waals surface area contributed by atoms with E-state index in [9.17, 15) is 29.1 Å². The van der Waals surface area contributed by atoms with Crippen molar-refractivity contribution in [3.8, 4) is 0 Å². The molecule has 1 saturated heterocycles. The van der Waals surface area contributed by atoms with Crippen LogP contribution in [0.3, 0.4) is 0 Å². The third kappa shape index (κ3) is 5.05. The second kappa shape index (κ2) is 10.3. The molecular weight excluding hydrogens is 560 g/mol. The highest BCUT2D eigenvalue weighted by molar-refractivity contribution is 8.01. The molecule has 18 heteroatoms. The summed E-state index contributed by atoms with van der Waals surface area (Å²) in [6, 6.07) is -0.986. The van der Waals surface area contributed by atoms with Crippen LogP contribution in [0.15, 0.2) is 36.6 Å². The van der Waals surface area contributed by atoms with E-state index in [1.54, 1.807) is 5.38 Å². The van der Waals surface area contributed by atoms with Crippen LogP contribution in [0.5, 0.6) is 0 Å². The summed E-state index contributed by atoms with van der Waals surface area (Å²) in [7, 11) is 1.49. The largest absolute Gasteiger partial charge is 0.477 e. The number of aliphatic carboxylic acids is 1. The number of amides is 2. The van der Waals surface area contributed by atoms with E-state index in [0.717, 1.165) is 40.8 Å². The standard InChI is InChI=1S/C20H20N8O7S3/c1-27-20(24-14(30)15(31)25-27)38-5-7-4-36-17-11(16(32)28(17)12(7)18(33)34)23-13(29)10(26-35-8-2-3-8)9-6-37-19(21)22-9/h6,8,11,17H,2-5H2,1H3,(H2,21,22)(H,23,29)(H,25,31)(H,33,34)/t11-,17+/m1/s1. The third-order valence-corrected chi connectivity index (χ3v) is 8.79. The summed E-state index contributed by atoms with van der Waals surface area (Å²) in [5.41, 5.74) is 4.19. The van der Waals surface area contributed by atoms with Crippen LogP contribution in [-0.2, 0) is 26.3 Å². The van der Waals surface area contributed by atoms with E-state index < -0.39 is 40.3 Å². The molecule has 38 heavy (non-hydrogen) atoms. The Morgan fingerprint density at radius 1 is 1.34 bits per heavy atom. The molecule has 4 heterocycles. The maximum absolute atomic E-state index is 13.1. The number of H-pyrrole nitrogens is 1. The molecule has 0 unspecified atom stereocenters. The summed E-state index contributed by atoms with van der Waals surface area (Å²) in [6.07, 6.45) is 1.58. The van der Waals surface area contributed by atoms with Gasteiger partial charge in [-0.05, 0) is 18.4 Å². The number of hydrogen-bond acceptors (Lipinski definition) is 13. The van der Waals surface area contributed by atoms with Gasteiger partial charge < -0.3 is 21.0 Å². The molecule has 2 aliphatic heterocycles. The lowest BCUT2D eigenvalue weighted by Crippen LogP contribution is -2.71. The molecule has 0 bridgehead atoms. The molecule has 2 fully saturated rings. The van der Waals surface area contributed by atoms with Gasteiger partial charge in [0.15, 0.2) is 16.0 Å². The smallest absolute Gasteiger partial charge is 0.352 e. The number of aromatic nitrogens is 4. The van der Waals surface area contributed by atoms with Crippen molar-refractivity contribution in [3.05, 3.63) is 43.1 Å². The number of carbonyl (C=O) groups excluding carboxylic acids is 2. The first-order valence-electron chi connectivity index (χ1n) is 11.1. The van der Waals surface area contributed by atoms with Gasteiger partial charge in [0.1, 0.15) is 28.9 Å². The van der Waals surface area contributed by atoms with Gasteiger partial charge >= 0.3 is 17.1 Å². The summed E-state index contributed by atoms with van der Waals surface area (Å²) in [4.78, 5) is 75.5. The number of thioether (sulfide) groups is 2. The second-order valence-electron chi connectivity index (χ2n) is 8.42. The van der Waals surface area contributed by atoms with Gasteiger partial charge in [-0.2, -0.15) is 4.98 Å². The van der Waals surface area contributed by atoms with Crippen LogP contribution in [0.1, 0.15) is 18.5 Å². The molecule has 15 nitrogen and oxygen atoms in total. The first-order valence-corrected chi connectivity index (χ1v) is 14.0. The molecule has 5 N–H and O–H groups in total. The maximum Gasteiger partial charge on any atom is 0.352 e. The van der Waals surface area contributed by atoms with Crippen molar-refractivity contribution in [3.63, 3.8) is 0 Å². The maximum atomic E-state index is 13.1. The van der Waals surface area contributed by atoms with E-state index in [4.69, 9.17) is 10.6 Å². The Hall–Kier alpha value is -3.64. The van der Waals surface area contributed by atoms with E-state index >= 15 is 0 Å². The predicted molar refractivity (Wildman–Crippen MR) is 138 cm³/mol. The number of aryl methyl sites for hydroxylation is 1. The number of thiazole rings is 1. The van der Waals surface area contributed by atoms with E-state index in [2.05, 4.69) is 25.5 Å². The summed E-state index contributed by atoms with van der Waals surface area (Å²) in [6.45, 7) is 0. The topological polar surface area (TPSA) is 215 Å². The zero-order valence-corrected chi connectivity index (χ0v) is 22.0. The summed E-state index contributed by atoms with van der Waals surface area (Å²) in [5.74, 6) is -2.23. The predicted octanol–water partition coefficient (Wildman–Crippen LogP) is -1.08. The number of oxime groups is 1. The van der Waals surface area contributed by atoms with E-state index in [1.165, 1.54) is 23.5 Å². The summed E-state index contributed by atoms with van der Waals surface area (Å²) >= 11 is 3.46. The van der Waals surface area contributed by atoms with Crippen molar-refractivity contribution in [2.75, 3.05) is 17.2 Å². The quantitative estimate of drug-likeness (QED) is 0.0916. The molecule has 0 aromatic carbocycles. The van der Waals surface area contributed by atoms with Crippen LogP contribution in [0, 0.1) is 0 Å². The highest BCUT2D eigenvalue weighted by Crippen LogP contribution is 2.41. The number of rotatable bonds is 9. The first-order chi connectivity index (χ1) is 18.1. The van der Waals surface area contributed by atoms with Crippen LogP contribution in [0.25, 0.3) is 0 Å². The molecular formula is C20H20N8O7S3. The van der Waals surface area contributed by atoms with Crippen LogP contribution in [0.4, 0.5) is 5.13 Å². The number of nitrogen functional groups attached to an aromatic ring is 1. The number of nitrogens with two attached hydrogens (primary N) is 1. The Kier molecular flexibility index (Phi) is 7.01. The normalized spacial score (nSPS) is 21.1. The number of β-lactam (4-membered cyclic amide) rings is 1. The van der Waals surface area contributed by atoms with Gasteiger partial charge in [0.05, 0.1) is 0 Å². The SMILES string of the molecule is Cn1[nH]c(=O)c(=O)nc1SCC1=C(C(=O)O)N2C(=O)[C@@H](NC(=O)C(=NOC3CC3)c3csc(N)n3)[C@@H]2SC1. The Morgan fingerprint density at radius 2 is 2.11 bits per heavy atom. The lowest BCUT2D eigenvalue weighted by molar-refractivity contribution is -0.150. The van der Waals surface area contributed by atoms with Gasteiger partial charge in [0.25, 0.3) is 11.8 Å². The fourth-order valence-electron chi connectivity index (χ4n) is 3.65. The number of nitrogens with one attached hydrogen (secondary N) is 2. The highest BCUT2D eigenvalue weighted by Gasteiger charge is 2.54. The Morgan fingerprint density at radius 3 is 2.76 bits per heavy atom. The summed E-state index contributed by atoms with van der Waals surface area (Å²) in [5, 5.41) is 20.1. The lowest BCUT2D eigenvalue weighted by Gasteiger charge is -2.49. The number of carboxylic acid groups (broad SMARTS) is 1. The average molecular weight is 581 g/mol. The summed E-state index contributed by atoms with van der Waals surface area (Å²) < 4.78 is 1.26. The van der Waals surface area contributed by atoms with Crippen molar-refractivity contribution in [1.82, 2.24) is 30.0 Å². The Bertz CT molecular complexity index is 1510. The van der Waals surface area contributed by atoms with E-state index in [-0.39, 0.29) is 45.0 Å². The van der Waals surface area contributed by atoms with Crippen molar-refractivity contribution in [2.45, 2.75) is 35.5 Å². The fraction of sp³-hybridized carbons (Fsp3) is 0.400. The molecule has 2 aromatic rings. The number of aromatic amines is 1. The van der Waals surface area contributed by atoms with Crippen LogP contribution in [-0.4, -0.2) is 82.3 Å². The number of hydrogen-bond donors (Lipinski definition) is 4. The monoisotopic (exact) mass is 580 g/mol. The Labute approximate surface area is 225 Å². The minimum absolute atomic E-state index is 0.0724. The molecule has 0 radical (unpaired) electrons. The minimum atomic E-state index is -1.30. The van der Waals surface area contributed by atoms with Gasteiger partial charge in [-0.15, -0.1) is 23.1 Å².